The topological polar surface area (TPSA) is 105 Å². The fourth-order valence-corrected chi connectivity index (χ4v) is 2.22. The number of nitrogens with zero attached hydrogens (tertiary/aromatic N) is 1. The van der Waals surface area contributed by atoms with E-state index in [2.05, 4.69) is 10.3 Å². The number of hydrogen-bond donors (Lipinski definition) is 3. The van der Waals surface area contributed by atoms with Crippen LogP contribution in [-0.4, -0.2) is 27.5 Å². The van der Waals surface area contributed by atoms with Crippen molar-refractivity contribution in [1.29, 1.82) is 0 Å². The van der Waals surface area contributed by atoms with Crippen molar-refractivity contribution in [2.24, 2.45) is 5.73 Å². The molecular formula is C15H17N3O3. The fraction of sp³-hybridized carbons (Fsp3) is 0.267. The average molecular weight is 287 g/mol. The van der Waals surface area contributed by atoms with Crippen molar-refractivity contribution in [1.82, 2.24) is 4.98 Å². The molecule has 1 aromatic heterocycles. The van der Waals surface area contributed by atoms with E-state index >= 15 is 0 Å². The van der Waals surface area contributed by atoms with Crippen LogP contribution in [0.3, 0.4) is 0 Å². The molecule has 0 saturated carbocycles. The minimum absolute atomic E-state index is 0.0954. The van der Waals surface area contributed by atoms with E-state index in [1.165, 1.54) is 6.20 Å². The summed E-state index contributed by atoms with van der Waals surface area (Å²) in [6.07, 6.45) is 1.31. The van der Waals surface area contributed by atoms with Crippen LogP contribution < -0.4 is 11.1 Å². The van der Waals surface area contributed by atoms with Gasteiger partial charge in [-0.2, -0.15) is 0 Å². The van der Waals surface area contributed by atoms with Gasteiger partial charge in [-0.1, -0.05) is 18.2 Å². The maximum absolute atomic E-state index is 11.6. The van der Waals surface area contributed by atoms with E-state index in [0.717, 1.165) is 5.39 Å². The van der Waals surface area contributed by atoms with E-state index < -0.39 is 17.4 Å². The standard InChI is InChI=1S/C15H17N3O3/c1-15(2,7-12(19)20)18-13-9-5-3-4-6-11(9)17-8-10(13)14(16)21/h3-6,8H,7H2,1-2H3,(H2,16,21)(H,17,18)(H,19,20). The number of hydrogen-bond acceptors (Lipinski definition) is 4. The van der Waals surface area contributed by atoms with Crippen LogP contribution >= 0.6 is 0 Å². The van der Waals surface area contributed by atoms with Crippen molar-refractivity contribution in [3.05, 3.63) is 36.0 Å². The second kappa shape index (κ2) is 5.40. The molecule has 0 spiro atoms. The Balaban J connectivity index is 2.56. The van der Waals surface area contributed by atoms with Gasteiger partial charge in [-0.15, -0.1) is 0 Å². The molecule has 2 rings (SSSR count). The van der Waals surface area contributed by atoms with Gasteiger partial charge in [0.2, 0.25) is 0 Å². The summed E-state index contributed by atoms with van der Waals surface area (Å²) in [5, 5.41) is 12.8. The zero-order valence-corrected chi connectivity index (χ0v) is 11.9. The molecule has 0 bridgehead atoms. The number of rotatable bonds is 5. The van der Waals surface area contributed by atoms with Gasteiger partial charge < -0.3 is 16.2 Å². The third kappa shape index (κ3) is 3.28. The minimum Gasteiger partial charge on any atom is -0.481 e. The van der Waals surface area contributed by atoms with Crippen LogP contribution in [0.4, 0.5) is 5.69 Å². The number of primary amides is 1. The minimum atomic E-state index is -0.925. The molecule has 1 amide bonds. The highest BCUT2D eigenvalue weighted by molar-refractivity contribution is 6.06. The van der Waals surface area contributed by atoms with Gasteiger partial charge in [0.15, 0.2) is 0 Å². The van der Waals surface area contributed by atoms with Crippen molar-refractivity contribution in [3.8, 4) is 0 Å². The van der Waals surface area contributed by atoms with E-state index in [1.807, 2.05) is 24.3 Å². The Bertz CT molecular complexity index is 710. The van der Waals surface area contributed by atoms with Crippen molar-refractivity contribution >= 4 is 28.5 Å². The molecule has 0 radical (unpaired) electrons. The number of nitrogens with two attached hydrogens (primary N) is 1. The highest BCUT2D eigenvalue weighted by atomic mass is 16.4. The molecule has 0 aliphatic carbocycles. The van der Waals surface area contributed by atoms with Crippen LogP contribution in [0.25, 0.3) is 10.9 Å². The molecule has 0 unspecified atom stereocenters. The molecule has 0 aliphatic heterocycles. The number of pyridine rings is 1. The van der Waals surface area contributed by atoms with Crippen LogP contribution in [-0.2, 0) is 4.79 Å². The van der Waals surface area contributed by atoms with Crippen molar-refractivity contribution < 1.29 is 14.7 Å². The Morgan fingerprint density at radius 2 is 2.00 bits per heavy atom. The first kappa shape index (κ1) is 14.8. The molecule has 4 N–H and O–H groups in total. The summed E-state index contributed by atoms with van der Waals surface area (Å²) in [4.78, 5) is 26.7. The van der Waals surface area contributed by atoms with Crippen molar-refractivity contribution in [3.63, 3.8) is 0 Å². The highest BCUT2D eigenvalue weighted by Crippen LogP contribution is 2.29. The fourth-order valence-electron chi connectivity index (χ4n) is 2.22. The van der Waals surface area contributed by atoms with E-state index in [9.17, 15) is 9.59 Å². The molecule has 6 heteroatoms. The predicted octanol–water partition coefficient (Wildman–Crippen LogP) is 2.00. The largest absolute Gasteiger partial charge is 0.481 e. The summed E-state index contributed by atoms with van der Waals surface area (Å²) in [6.45, 7) is 3.50. The number of carboxylic acids is 1. The molecule has 0 aliphatic rings. The smallest absolute Gasteiger partial charge is 0.305 e. The monoisotopic (exact) mass is 287 g/mol. The molecule has 1 aromatic carbocycles. The summed E-state index contributed by atoms with van der Waals surface area (Å²) in [5.41, 5.74) is 6.12. The Kier molecular flexibility index (Phi) is 3.80. The second-order valence-electron chi connectivity index (χ2n) is 5.51. The van der Waals surface area contributed by atoms with Gasteiger partial charge in [0.1, 0.15) is 0 Å². The number of carbonyl (C=O) groups excluding carboxylic acids is 1. The number of nitrogens with one attached hydrogen (secondary N) is 1. The number of carbonyl (C=O) groups is 2. The second-order valence-corrected chi connectivity index (χ2v) is 5.51. The van der Waals surface area contributed by atoms with Gasteiger partial charge in [-0.3, -0.25) is 14.6 Å². The number of anilines is 1. The summed E-state index contributed by atoms with van der Waals surface area (Å²) in [5.74, 6) is -1.53. The zero-order valence-electron chi connectivity index (χ0n) is 11.9. The Labute approximate surface area is 122 Å². The molecule has 110 valence electrons. The lowest BCUT2D eigenvalue weighted by Gasteiger charge is -2.27. The number of fused-ring (bicyclic) bond motifs is 1. The third-order valence-corrected chi connectivity index (χ3v) is 3.10. The van der Waals surface area contributed by atoms with Crippen LogP contribution in [0.15, 0.2) is 30.5 Å². The molecule has 0 saturated heterocycles. The summed E-state index contributed by atoms with van der Waals surface area (Å²) in [6, 6.07) is 7.29. The zero-order chi connectivity index (χ0) is 15.6. The molecule has 1 heterocycles. The average Bonchev–Trinajstić information content (AvgIpc) is 2.36. The Morgan fingerprint density at radius 1 is 1.33 bits per heavy atom. The van der Waals surface area contributed by atoms with Gasteiger partial charge >= 0.3 is 5.97 Å². The van der Waals surface area contributed by atoms with Crippen LogP contribution in [0, 0.1) is 0 Å². The number of aliphatic carboxylic acids is 1. The number of para-hydroxylation sites is 1. The van der Waals surface area contributed by atoms with E-state index in [1.54, 1.807) is 13.8 Å². The highest BCUT2D eigenvalue weighted by Gasteiger charge is 2.24. The van der Waals surface area contributed by atoms with E-state index in [0.29, 0.717) is 11.2 Å². The molecule has 2 aromatic rings. The summed E-state index contributed by atoms with van der Waals surface area (Å²) in [7, 11) is 0. The van der Waals surface area contributed by atoms with Gasteiger partial charge in [-0.05, 0) is 19.9 Å². The first-order valence-electron chi connectivity index (χ1n) is 6.48. The summed E-state index contributed by atoms with van der Waals surface area (Å²) >= 11 is 0. The first-order valence-corrected chi connectivity index (χ1v) is 6.48. The first-order chi connectivity index (χ1) is 9.80. The quantitative estimate of drug-likeness (QED) is 0.780. The maximum atomic E-state index is 11.6. The van der Waals surface area contributed by atoms with Crippen LogP contribution in [0.1, 0.15) is 30.6 Å². The van der Waals surface area contributed by atoms with Gasteiger partial charge in [-0.25, -0.2) is 0 Å². The number of aromatic nitrogens is 1. The van der Waals surface area contributed by atoms with Gasteiger partial charge in [0.05, 0.1) is 23.2 Å². The van der Waals surface area contributed by atoms with E-state index in [-0.39, 0.29) is 12.0 Å². The lowest BCUT2D eigenvalue weighted by molar-refractivity contribution is -0.137. The number of carboxylic acid groups (broad SMARTS) is 1. The molecule has 21 heavy (non-hydrogen) atoms. The number of benzene rings is 1. The Morgan fingerprint density at radius 3 is 2.62 bits per heavy atom. The lowest BCUT2D eigenvalue weighted by atomic mass is 9.98. The van der Waals surface area contributed by atoms with Crippen molar-refractivity contribution in [2.75, 3.05) is 5.32 Å². The molecule has 6 nitrogen and oxygen atoms in total. The van der Waals surface area contributed by atoms with Crippen LogP contribution in [0.5, 0.6) is 0 Å². The third-order valence-electron chi connectivity index (χ3n) is 3.10. The molecule has 0 atom stereocenters. The summed E-state index contributed by atoms with van der Waals surface area (Å²) < 4.78 is 0. The van der Waals surface area contributed by atoms with E-state index in [4.69, 9.17) is 10.8 Å². The van der Waals surface area contributed by atoms with Crippen LogP contribution in [0.2, 0.25) is 0 Å². The maximum Gasteiger partial charge on any atom is 0.305 e. The number of amides is 1. The SMILES string of the molecule is CC(C)(CC(=O)O)Nc1c(C(N)=O)cnc2ccccc12. The Hall–Kier alpha value is -2.63. The van der Waals surface area contributed by atoms with Gasteiger partial charge in [0, 0.05) is 17.1 Å². The normalized spacial score (nSPS) is 11.3. The molecule has 0 fully saturated rings. The van der Waals surface area contributed by atoms with Gasteiger partial charge in [0.25, 0.3) is 5.91 Å². The predicted molar refractivity (Wildman–Crippen MR) is 80.2 cm³/mol. The lowest BCUT2D eigenvalue weighted by Crippen LogP contribution is -2.34. The van der Waals surface area contributed by atoms with Crippen molar-refractivity contribution in [2.45, 2.75) is 25.8 Å². The molecular weight excluding hydrogens is 270 g/mol.